The van der Waals surface area contributed by atoms with Crippen molar-refractivity contribution in [1.82, 2.24) is 4.90 Å². The van der Waals surface area contributed by atoms with Gasteiger partial charge in [0.15, 0.2) is 0 Å². The Morgan fingerprint density at radius 3 is 2.30 bits per heavy atom. The number of rotatable bonds is 4. The van der Waals surface area contributed by atoms with E-state index >= 15 is 0 Å². The van der Waals surface area contributed by atoms with Crippen LogP contribution in [0.5, 0.6) is 0 Å². The molecule has 0 saturated heterocycles. The van der Waals surface area contributed by atoms with Gasteiger partial charge in [0.2, 0.25) is 6.10 Å². The molecule has 23 heavy (non-hydrogen) atoms. The number of hydrogen-bond donors (Lipinski definition) is 0. The number of carbonyl (C=O) groups is 2. The van der Waals surface area contributed by atoms with Crippen molar-refractivity contribution in [3.8, 4) is 0 Å². The Morgan fingerprint density at radius 1 is 1.09 bits per heavy atom. The maximum absolute atomic E-state index is 13.8. The topological polar surface area (TPSA) is 46.6 Å². The summed E-state index contributed by atoms with van der Waals surface area (Å²) in [5.74, 6) is -2.22. The molecule has 0 N–H and O–H groups in total. The molecule has 0 spiro atoms. The summed E-state index contributed by atoms with van der Waals surface area (Å²) in [6, 6.07) is 12.4. The molecule has 0 fully saturated rings. The number of hydrogen-bond acceptors (Lipinski definition) is 3. The van der Waals surface area contributed by atoms with Crippen LogP contribution in [0.25, 0.3) is 0 Å². The van der Waals surface area contributed by atoms with Gasteiger partial charge in [0.05, 0.1) is 5.02 Å². The molecular weight excluding hydrogens is 321 g/mol. The van der Waals surface area contributed by atoms with Crippen molar-refractivity contribution < 1.29 is 18.7 Å². The van der Waals surface area contributed by atoms with Gasteiger partial charge in [-0.25, -0.2) is 9.18 Å². The monoisotopic (exact) mass is 335 g/mol. The fourth-order valence-electron chi connectivity index (χ4n) is 1.98. The molecule has 4 nitrogen and oxygen atoms in total. The Kier molecular flexibility index (Phi) is 5.34. The van der Waals surface area contributed by atoms with E-state index in [2.05, 4.69) is 0 Å². The number of benzene rings is 2. The summed E-state index contributed by atoms with van der Waals surface area (Å²) < 4.78 is 19.1. The largest absolute Gasteiger partial charge is 0.444 e. The van der Waals surface area contributed by atoms with Crippen molar-refractivity contribution >= 4 is 23.5 Å². The van der Waals surface area contributed by atoms with Gasteiger partial charge in [0.25, 0.3) is 5.91 Å². The van der Waals surface area contributed by atoms with E-state index in [1.165, 1.54) is 17.0 Å². The van der Waals surface area contributed by atoms with Gasteiger partial charge in [-0.15, -0.1) is 0 Å². The van der Waals surface area contributed by atoms with Crippen LogP contribution in [0.1, 0.15) is 22.0 Å². The number of halogens is 2. The van der Waals surface area contributed by atoms with Crippen LogP contribution >= 0.6 is 11.6 Å². The van der Waals surface area contributed by atoms with Crippen molar-refractivity contribution in [2.24, 2.45) is 0 Å². The highest BCUT2D eigenvalue weighted by molar-refractivity contribution is 6.33. The SMILES string of the molecule is CN(C)C(=O)[C@@H](OC(=O)c1c(F)cccc1Cl)c1ccccc1. The summed E-state index contributed by atoms with van der Waals surface area (Å²) in [5.41, 5.74) is 0.105. The lowest BCUT2D eigenvalue weighted by atomic mass is 10.1. The van der Waals surface area contributed by atoms with E-state index in [9.17, 15) is 14.0 Å². The summed E-state index contributed by atoms with van der Waals surface area (Å²) in [6.45, 7) is 0. The summed E-state index contributed by atoms with van der Waals surface area (Å²) >= 11 is 5.86. The Bertz CT molecular complexity index is 699. The molecular formula is C17H15ClFNO3. The second-order valence-electron chi connectivity index (χ2n) is 5.03. The molecule has 0 aliphatic rings. The van der Waals surface area contributed by atoms with Gasteiger partial charge in [-0.3, -0.25) is 4.79 Å². The lowest BCUT2D eigenvalue weighted by Gasteiger charge is -2.21. The van der Waals surface area contributed by atoms with Crippen LogP contribution < -0.4 is 0 Å². The molecule has 0 unspecified atom stereocenters. The highest BCUT2D eigenvalue weighted by Gasteiger charge is 2.29. The highest BCUT2D eigenvalue weighted by atomic mass is 35.5. The molecule has 0 saturated carbocycles. The summed E-state index contributed by atoms with van der Waals surface area (Å²) in [4.78, 5) is 25.9. The maximum atomic E-state index is 13.8. The van der Waals surface area contributed by atoms with Crippen LogP contribution in [0.15, 0.2) is 48.5 Å². The second-order valence-corrected chi connectivity index (χ2v) is 5.43. The van der Waals surface area contributed by atoms with E-state index in [1.807, 2.05) is 0 Å². The molecule has 2 aromatic rings. The van der Waals surface area contributed by atoms with Crippen LogP contribution in [-0.4, -0.2) is 30.9 Å². The first-order chi connectivity index (χ1) is 10.9. The quantitative estimate of drug-likeness (QED) is 0.804. The lowest BCUT2D eigenvalue weighted by Crippen LogP contribution is -2.31. The first kappa shape index (κ1) is 17.0. The Morgan fingerprint density at radius 2 is 1.74 bits per heavy atom. The highest BCUT2D eigenvalue weighted by Crippen LogP contribution is 2.25. The molecule has 0 aliphatic heterocycles. The van der Waals surface area contributed by atoms with Gasteiger partial charge in [0, 0.05) is 19.7 Å². The molecule has 2 aromatic carbocycles. The van der Waals surface area contributed by atoms with Gasteiger partial charge in [-0.1, -0.05) is 48.0 Å². The zero-order valence-corrected chi connectivity index (χ0v) is 13.4. The van der Waals surface area contributed by atoms with Crippen LogP contribution in [0.2, 0.25) is 5.02 Å². The minimum Gasteiger partial charge on any atom is -0.444 e. The third-order valence-corrected chi connectivity index (χ3v) is 3.47. The fourth-order valence-corrected chi connectivity index (χ4v) is 2.22. The third kappa shape index (κ3) is 3.87. The second kappa shape index (κ2) is 7.24. The van der Waals surface area contributed by atoms with Crippen LogP contribution in [0.4, 0.5) is 4.39 Å². The molecule has 0 aromatic heterocycles. The summed E-state index contributed by atoms with van der Waals surface area (Å²) in [6.07, 6.45) is -1.17. The van der Waals surface area contributed by atoms with E-state index in [-0.39, 0.29) is 10.6 Å². The van der Waals surface area contributed by atoms with Gasteiger partial charge >= 0.3 is 5.97 Å². The number of likely N-dealkylation sites (N-methyl/N-ethyl adjacent to an activating group) is 1. The van der Waals surface area contributed by atoms with Crippen molar-refractivity contribution in [3.63, 3.8) is 0 Å². The van der Waals surface area contributed by atoms with E-state index in [0.29, 0.717) is 5.56 Å². The number of esters is 1. The fraction of sp³-hybridized carbons (Fsp3) is 0.176. The predicted molar refractivity (Wildman–Crippen MR) is 84.7 cm³/mol. The first-order valence-corrected chi connectivity index (χ1v) is 7.20. The Balaban J connectivity index is 2.35. The zero-order chi connectivity index (χ0) is 17.0. The van der Waals surface area contributed by atoms with Crippen molar-refractivity contribution in [2.45, 2.75) is 6.10 Å². The number of carbonyl (C=O) groups excluding carboxylic acids is 2. The molecule has 1 atom stereocenters. The molecule has 1 amide bonds. The summed E-state index contributed by atoms with van der Waals surface area (Å²) in [7, 11) is 3.09. The number of amides is 1. The molecule has 0 radical (unpaired) electrons. The van der Waals surface area contributed by atoms with Gasteiger partial charge in [0.1, 0.15) is 11.4 Å². The molecule has 6 heteroatoms. The number of nitrogens with zero attached hydrogens (tertiary/aromatic N) is 1. The molecule has 120 valence electrons. The molecule has 2 rings (SSSR count). The average molecular weight is 336 g/mol. The smallest absolute Gasteiger partial charge is 0.343 e. The van der Waals surface area contributed by atoms with Crippen LogP contribution in [-0.2, 0) is 9.53 Å². The number of ether oxygens (including phenoxy) is 1. The molecule has 0 heterocycles. The lowest BCUT2D eigenvalue weighted by molar-refractivity contribution is -0.138. The third-order valence-electron chi connectivity index (χ3n) is 3.16. The van der Waals surface area contributed by atoms with Gasteiger partial charge < -0.3 is 9.64 Å². The van der Waals surface area contributed by atoms with Crippen LogP contribution in [0, 0.1) is 5.82 Å². The van der Waals surface area contributed by atoms with Crippen molar-refractivity contribution in [3.05, 3.63) is 70.5 Å². The maximum Gasteiger partial charge on any atom is 0.343 e. The Labute approximate surface area is 138 Å². The van der Waals surface area contributed by atoms with Crippen molar-refractivity contribution in [2.75, 3.05) is 14.1 Å². The Hall–Kier alpha value is -2.40. The molecule has 0 aliphatic carbocycles. The predicted octanol–water partition coefficient (Wildman–Crippen LogP) is 3.47. The average Bonchev–Trinajstić information content (AvgIpc) is 2.52. The van der Waals surface area contributed by atoms with Gasteiger partial charge in [-0.2, -0.15) is 0 Å². The van der Waals surface area contributed by atoms with E-state index in [1.54, 1.807) is 44.4 Å². The van der Waals surface area contributed by atoms with E-state index in [4.69, 9.17) is 16.3 Å². The minimum atomic E-state index is -1.17. The van der Waals surface area contributed by atoms with E-state index in [0.717, 1.165) is 6.07 Å². The van der Waals surface area contributed by atoms with Crippen molar-refractivity contribution in [1.29, 1.82) is 0 Å². The standard InChI is InChI=1S/C17H15ClFNO3/c1-20(2)16(21)15(11-7-4-3-5-8-11)23-17(22)14-12(18)9-6-10-13(14)19/h3-10,15H,1-2H3/t15-/m0/s1. The minimum absolute atomic E-state index is 0.0703. The normalized spacial score (nSPS) is 11.7. The van der Waals surface area contributed by atoms with E-state index < -0.39 is 23.8 Å². The van der Waals surface area contributed by atoms with Gasteiger partial charge in [-0.05, 0) is 12.1 Å². The first-order valence-electron chi connectivity index (χ1n) is 6.83. The molecule has 0 bridgehead atoms. The van der Waals surface area contributed by atoms with Crippen LogP contribution in [0.3, 0.4) is 0 Å². The summed E-state index contributed by atoms with van der Waals surface area (Å²) in [5, 5.41) is -0.0703. The zero-order valence-electron chi connectivity index (χ0n) is 12.6.